The van der Waals surface area contributed by atoms with E-state index in [0.717, 1.165) is 24.3 Å². The predicted molar refractivity (Wildman–Crippen MR) is 64.2 cm³/mol. The minimum Gasteiger partial charge on any atom is -0.497 e. The van der Waals surface area contributed by atoms with Crippen molar-refractivity contribution in [3.63, 3.8) is 0 Å². The number of rotatable bonds is 3. The maximum absolute atomic E-state index is 5.84. The number of nitrogens with two attached hydrogens (primary N) is 1. The number of methoxy groups -OCH3 is 2. The van der Waals surface area contributed by atoms with Crippen molar-refractivity contribution in [2.45, 2.75) is 31.7 Å². The molecule has 88 valence electrons. The van der Waals surface area contributed by atoms with Crippen molar-refractivity contribution in [3.8, 4) is 11.5 Å². The Labute approximate surface area is 96.5 Å². The molecule has 0 atom stereocenters. The van der Waals surface area contributed by atoms with Gasteiger partial charge in [0.1, 0.15) is 11.5 Å². The Morgan fingerprint density at radius 1 is 1.19 bits per heavy atom. The Balaban J connectivity index is 2.35. The lowest BCUT2D eigenvalue weighted by molar-refractivity contribution is 0.330. The third-order valence-electron chi connectivity index (χ3n) is 3.36. The smallest absolute Gasteiger partial charge is 0.126 e. The minimum atomic E-state index is 0.358. The summed E-state index contributed by atoms with van der Waals surface area (Å²) in [5.74, 6) is 2.33. The molecule has 0 aromatic heterocycles. The maximum Gasteiger partial charge on any atom is 0.126 e. The van der Waals surface area contributed by atoms with E-state index in [2.05, 4.69) is 13.0 Å². The second-order valence-corrected chi connectivity index (χ2v) is 4.49. The van der Waals surface area contributed by atoms with Crippen molar-refractivity contribution < 1.29 is 9.47 Å². The topological polar surface area (TPSA) is 44.5 Å². The predicted octanol–water partition coefficient (Wildman–Crippen LogP) is 2.22. The molecule has 16 heavy (non-hydrogen) atoms. The lowest BCUT2D eigenvalue weighted by atomic mass is 9.74. The molecule has 0 bridgehead atoms. The van der Waals surface area contributed by atoms with E-state index in [1.807, 2.05) is 6.07 Å². The van der Waals surface area contributed by atoms with Gasteiger partial charge in [0.15, 0.2) is 0 Å². The molecule has 1 aliphatic rings. The van der Waals surface area contributed by atoms with Crippen LogP contribution in [0.1, 0.15) is 29.9 Å². The van der Waals surface area contributed by atoms with Crippen LogP contribution >= 0.6 is 0 Å². The fraction of sp³-hybridized carbons (Fsp3) is 0.538. The summed E-state index contributed by atoms with van der Waals surface area (Å²) in [4.78, 5) is 0. The van der Waals surface area contributed by atoms with E-state index in [1.165, 1.54) is 11.1 Å². The van der Waals surface area contributed by atoms with Crippen molar-refractivity contribution in [2.24, 2.45) is 5.73 Å². The Bertz CT molecular complexity index is 384. The van der Waals surface area contributed by atoms with Gasteiger partial charge in [-0.1, -0.05) is 0 Å². The number of hydrogen-bond donors (Lipinski definition) is 1. The van der Waals surface area contributed by atoms with Crippen LogP contribution in [0.25, 0.3) is 0 Å². The Morgan fingerprint density at radius 2 is 1.88 bits per heavy atom. The number of benzene rings is 1. The average Bonchev–Trinajstić information content (AvgIpc) is 2.24. The van der Waals surface area contributed by atoms with E-state index in [1.54, 1.807) is 14.2 Å². The fourth-order valence-electron chi connectivity index (χ4n) is 2.44. The van der Waals surface area contributed by atoms with Gasteiger partial charge in [-0.3, -0.25) is 0 Å². The average molecular weight is 221 g/mol. The summed E-state index contributed by atoms with van der Waals surface area (Å²) in [7, 11) is 3.38. The molecule has 2 N–H and O–H groups in total. The first-order valence-corrected chi connectivity index (χ1v) is 5.63. The van der Waals surface area contributed by atoms with E-state index in [-0.39, 0.29) is 0 Å². The molecule has 1 saturated carbocycles. The van der Waals surface area contributed by atoms with Gasteiger partial charge in [0, 0.05) is 17.7 Å². The lowest BCUT2D eigenvalue weighted by Crippen LogP contribution is -2.35. The largest absolute Gasteiger partial charge is 0.497 e. The van der Waals surface area contributed by atoms with Crippen LogP contribution in [-0.2, 0) is 0 Å². The van der Waals surface area contributed by atoms with Gasteiger partial charge in [-0.15, -0.1) is 0 Å². The second kappa shape index (κ2) is 4.34. The highest BCUT2D eigenvalue weighted by Crippen LogP contribution is 2.43. The van der Waals surface area contributed by atoms with E-state index in [9.17, 15) is 0 Å². The van der Waals surface area contributed by atoms with Crippen LogP contribution in [0.3, 0.4) is 0 Å². The molecule has 0 heterocycles. The van der Waals surface area contributed by atoms with Crippen LogP contribution in [0, 0.1) is 6.92 Å². The van der Waals surface area contributed by atoms with Crippen molar-refractivity contribution in [2.75, 3.05) is 14.2 Å². The van der Waals surface area contributed by atoms with Gasteiger partial charge in [0.2, 0.25) is 0 Å². The summed E-state index contributed by atoms with van der Waals surface area (Å²) in [6, 6.07) is 4.37. The molecular weight excluding hydrogens is 202 g/mol. The zero-order valence-corrected chi connectivity index (χ0v) is 10.1. The first-order valence-electron chi connectivity index (χ1n) is 5.63. The Morgan fingerprint density at radius 3 is 2.38 bits per heavy atom. The highest BCUT2D eigenvalue weighted by molar-refractivity contribution is 5.49. The third kappa shape index (κ3) is 1.87. The van der Waals surface area contributed by atoms with Crippen LogP contribution in [0.4, 0.5) is 0 Å². The lowest BCUT2D eigenvalue weighted by Gasteiger charge is -2.34. The molecule has 0 unspecified atom stereocenters. The molecule has 1 fully saturated rings. The monoisotopic (exact) mass is 221 g/mol. The van der Waals surface area contributed by atoms with E-state index in [0.29, 0.717) is 12.0 Å². The van der Waals surface area contributed by atoms with Gasteiger partial charge in [0.05, 0.1) is 14.2 Å². The normalized spacial score (nSPS) is 23.8. The molecule has 0 aliphatic heterocycles. The summed E-state index contributed by atoms with van der Waals surface area (Å²) in [5, 5.41) is 0. The van der Waals surface area contributed by atoms with Gasteiger partial charge in [-0.25, -0.2) is 0 Å². The molecule has 3 heteroatoms. The van der Waals surface area contributed by atoms with Crippen molar-refractivity contribution in [3.05, 3.63) is 23.3 Å². The molecule has 2 rings (SSSR count). The molecule has 0 saturated heterocycles. The van der Waals surface area contributed by atoms with Crippen molar-refractivity contribution >= 4 is 0 Å². The molecule has 0 spiro atoms. The van der Waals surface area contributed by atoms with Crippen LogP contribution in [0.2, 0.25) is 0 Å². The van der Waals surface area contributed by atoms with E-state index in [4.69, 9.17) is 15.2 Å². The summed E-state index contributed by atoms with van der Waals surface area (Å²) in [6.07, 6.45) is 2.12. The fourth-order valence-corrected chi connectivity index (χ4v) is 2.44. The summed E-state index contributed by atoms with van der Waals surface area (Å²) >= 11 is 0. The summed E-state index contributed by atoms with van der Waals surface area (Å²) in [6.45, 7) is 2.10. The zero-order valence-electron chi connectivity index (χ0n) is 10.1. The quantitative estimate of drug-likeness (QED) is 0.851. The van der Waals surface area contributed by atoms with Gasteiger partial charge in [-0.2, -0.15) is 0 Å². The third-order valence-corrected chi connectivity index (χ3v) is 3.36. The first kappa shape index (κ1) is 11.3. The van der Waals surface area contributed by atoms with Crippen LogP contribution in [0.5, 0.6) is 11.5 Å². The van der Waals surface area contributed by atoms with Gasteiger partial charge in [-0.05, 0) is 37.3 Å². The van der Waals surface area contributed by atoms with Crippen molar-refractivity contribution in [1.82, 2.24) is 0 Å². The highest BCUT2D eigenvalue weighted by Gasteiger charge is 2.31. The van der Waals surface area contributed by atoms with Crippen LogP contribution in [-0.4, -0.2) is 20.3 Å². The maximum atomic E-state index is 5.84. The van der Waals surface area contributed by atoms with Crippen molar-refractivity contribution in [1.29, 1.82) is 0 Å². The second-order valence-electron chi connectivity index (χ2n) is 4.49. The molecule has 0 amide bonds. The zero-order chi connectivity index (χ0) is 11.7. The Hall–Kier alpha value is -1.22. The van der Waals surface area contributed by atoms with E-state index >= 15 is 0 Å². The number of hydrogen-bond acceptors (Lipinski definition) is 3. The molecular formula is C13H19NO2. The highest BCUT2D eigenvalue weighted by atomic mass is 16.5. The first-order chi connectivity index (χ1) is 7.65. The number of aryl methyl sites for hydroxylation is 1. The minimum absolute atomic E-state index is 0.358. The van der Waals surface area contributed by atoms with Crippen LogP contribution < -0.4 is 15.2 Å². The Kier molecular flexibility index (Phi) is 3.06. The number of ether oxygens (including phenoxy) is 2. The molecule has 1 aromatic carbocycles. The standard InChI is InChI=1S/C13H19NO2/c1-8-4-11(15-2)7-12(16-3)13(8)9-5-10(14)6-9/h4,7,9-10H,5-6,14H2,1-3H3. The van der Waals surface area contributed by atoms with Gasteiger partial charge in [0.25, 0.3) is 0 Å². The SMILES string of the molecule is COc1cc(C)c(C2CC(N)C2)c(OC)c1. The summed E-state index contributed by atoms with van der Waals surface area (Å²) < 4.78 is 10.7. The summed E-state index contributed by atoms with van der Waals surface area (Å²) in [5.41, 5.74) is 8.36. The molecule has 0 radical (unpaired) electrons. The molecule has 1 aliphatic carbocycles. The van der Waals surface area contributed by atoms with Gasteiger partial charge < -0.3 is 15.2 Å². The van der Waals surface area contributed by atoms with E-state index < -0.39 is 0 Å². The molecule has 3 nitrogen and oxygen atoms in total. The van der Waals surface area contributed by atoms with Gasteiger partial charge >= 0.3 is 0 Å². The molecule has 1 aromatic rings. The van der Waals surface area contributed by atoms with Crippen LogP contribution in [0.15, 0.2) is 12.1 Å².